The van der Waals surface area contributed by atoms with Gasteiger partial charge in [-0.25, -0.2) is 8.78 Å². The van der Waals surface area contributed by atoms with Gasteiger partial charge in [0.05, 0.1) is 5.69 Å². The van der Waals surface area contributed by atoms with Crippen LogP contribution in [0.25, 0.3) is 0 Å². The van der Waals surface area contributed by atoms with Crippen LogP contribution in [0.1, 0.15) is 25.8 Å². The zero-order valence-electron chi connectivity index (χ0n) is 11.6. The van der Waals surface area contributed by atoms with E-state index in [9.17, 15) is 8.78 Å². The fourth-order valence-corrected chi connectivity index (χ4v) is 1.69. The van der Waals surface area contributed by atoms with Crippen LogP contribution in [0.3, 0.4) is 0 Å². The molecule has 19 heavy (non-hydrogen) atoms. The summed E-state index contributed by atoms with van der Waals surface area (Å²) in [5.74, 6) is -0.877. The Bertz CT molecular complexity index is 393. The van der Waals surface area contributed by atoms with Crippen LogP contribution in [0.5, 0.6) is 0 Å². The van der Waals surface area contributed by atoms with Gasteiger partial charge < -0.3 is 14.8 Å². The first kappa shape index (κ1) is 15.9. The number of anilines is 1. The van der Waals surface area contributed by atoms with Crippen molar-refractivity contribution in [3.63, 3.8) is 0 Å². The van der Waals surface area contributed by atoms with E-state index in [1.165, 1.54) is 19.1 Å². The molecule has 0 bridgehead atoms. The van der Waals surface area contributed by atoms with Gasteiger partial charge in [0.15, 0.2) is 6.29 Å². The van der Waals surface area contributed by atoms with Crippen molar-refractivity contribution >= 4 is 5.69 Å². The smallest absolute Gasteiger partial charge is 0.159 e. The molecule has 0 unspecified atom stereocenters. The largest absolute Gasteiger partial charge is 0.382 e. The summed E-state index contributed by atoms with van der Waals surface area (Å²) >= 11 is 0. The highest BCUT2D eigenvalue weighted by atomic mass is 19.1. The van der Waals surface area contributed by atoms with Crippen LogP contribution in [0.2, 0.25) is 0 Å². The van der Waals surface area contributed by atoms with Gasteiger partial charge in [0.25, 0.3) is 0 Å². The van der Waals surface area contributed by atoms with E-state index < -0.39 is 11.6 Å². The van der Waals surface area contributed by atoms with Gasteiger partial charge in [-0.15, -0.1) is 0 Å². The number of ether oxygens (including phenoxy) is 2. The van der Waals surface area contributed by atoms with E-state index in [2.05, 4.69) is 5.32 Å². The minimum Gasteiger partial charge on any atom is -0.382 e. The molecule has 0 atom stereocenters. The first-order valence-electron chi connectivity index (χ1n) is 6.51. The van der Waals surface area contributed by atoms with Crippen LogP contribution >= 0.6 is 0 Å². The molecule has 0 aromatic heterocycles. The molecule has 0 aliphatic carbocycles. The zero-order valence-corrected chi connectivity index (χ0v) is 11.6. The molecule has 0 radical (unpaired) electrons. The Morgan fingerprint density at radius 3 is 2.32 bits per heavy atom. The van der Waals surface area contributed by atoms with Gasteiger partial charge in [-0.3, -0.25) is 0 Å². The predicted molar refractivity (Wildman–Crippen MR) is 71.2 cm³/mol. The van der Waals surface area contributed by atoms with Gasteiger partial charge in [0.1, 0.15) is 11.6 Å². The van der Waals surface area contributed by atoms with Crippen molar-refractivity contribution in [3.8, 4) is 0 Å². The van der Waals surface area contributed by atoms with E-state index in [1.54, 1.807) is 0 Å². The van der Waals surface area contributed by atoms with Crippen molar-refractivity contribution in [2.75, 3.05) is 25.1 Å². The van der Waals surface area contributed by atoms with Crippen LogP contribution in [0.4, 0.5) is 14.5 Å². The Hall–Kier alpha value is -1.20. The first-order chi connectivity index (χ1) is 9.08. The van der Waals surface area contributed by atoms with Gasteiger partial charge in [-0.05, 0) is 32.4 Å². The quantitative estimate of drug-likeness (QED) is 0.736. The van der Waals surface area contributed by atoms with Crippen molar-refractivity contribution < 1.29 is 18.3 Å². The average Bonchev–Trinajstić information content (AvgIpc) is 2.36. The van der Waals surface area contributed by atoms with Gasteiger partial charge in [0, 0.05) is 32.2 Å². The summed E-state index contributed by atoms with van der Waals surface area (Å²) in [6, 6.07) is 2.35. The molecule has 0 saturated heterocycles. The molecule has 0 amide bonds. The van der Waals surface area contributed by atoms with Crippen LogP contribution < -0.4 is 5.32 Å². The Morgan fingerprint density at radius 1 is 1.11 bits per heavy atom. The second-order valence-electron chi connectivity index (χ2n) is 4.14. The standard InChI is InChI=1S/C14H21F2NO2/c1-4-18-14(19-5-2)6-7-17-13-9-11(15)10(3)8-12(13)16/h8-9,14,17H,4-7H2,1-3H3. The molecule has 1 aromatic rings. The first-order valence-corrected chi connectivity index (χ1v) is 6.51. The molecular formula is C14H21F2NO2. The van der Waals surface area contributed by atoms with Gasteiger partial charge in [0.2, 0.25) is 0 Å². The molecule has 108 valence electrons. The number of aryl methyl sites for hydroxylation is 1. The third kappa shape index (κ3) is 5.12. The van der Waals surface area contributed by atoms with E-state index in [1.807, 2.05) is 13.8 Å². The van der Waals surface area contributed by atoms with E-state index in [4.69, 9.17) is 9.47 Å². The lowest BCUT2D eigenvalue weighted by molar-refractivity contribution is -0.137. The van der Waals surface area contributed by atoms with E-state index in [0.717, 1.165) is 0 Å². The number of nitrogens with one attached hydrogen (secondary N) is 1. The Kier molecular flexibility index (Phi) is 6.73. The highest BCUT2D eigenvalue weighted by Gasteiger charge is 2.10. The summed E-state index contributed by atoms with van der Waals surface area (Å²) < 4.78 is 37.6. The number of benzene rings is 1. The topological polar surface area (TPSA) is 30.5 Å². The van der Waals surface area contributed by atoms with Crippen molar-refractivity contribution in [1.29, 1.82) is 0 Å². The Labute approximate surface area is 112 Å². The van der Waals surface area contributed by atoms with E-state index >= 15 is 0 Å². The third-order valence-corrected chi connectivity index (χ3v) is 2.65. The maximum absolute atomic E-state index is 13.6. The fourth-order valence-electron chi connectivity index (χ4n) is 1.69. The molecule has 0 heterocycles. The lowest BCUT2D eigenvalue weighted by atomic mass is 10.2. The molecule has 0 saturated carbocycles. The molecule has 0 aliphatic rings. The monoisotopic (exact) mass is 273 g/mol. The minimum atomic E-state index is -0.455. The molecule has 1 N–H and O–H groups in total. The molecule has 5 heteroatoms. The maximum atomic E-state index is 13.6. The predicted octanol–water partition coefficient (Wildman–Crippen LogP) is 3.47. The van der Waals surface area contributed by atoms with Crippen LogP contribution in [-0.4, -0.2) is 26.0 Å². The molecule has 3 nitrogen and oxygen atoms in total. The zero-order chi connectivity index (χ0) is 14.3. The van der Waals surface area contributed by atoms with E-state index in [-0.39, 0.29) is 12.0 Å². The summed E-state index contributed by atoms with van der Waals surface area (Å²) in [5.41, 5.74) is 0.458. The van der Waals surface area contributed by atoms with Crippen LogP contribution in [0.15, 0.2) is 12.1 Å². The van der Waals surface area contributed by atoms with Crippen molar-refractivity contribution in [2.45, 2.75) is 33.5 Å². The SMILES string of the molecule is CCOC(CCNc1cc(F)c(C)cc1F)OCC. The second-order valence-corrected chi connectivity index (χ2v) is 4.14. The minimum absolute atomic E-state index is 0.162. The van der Waals surface area contributed by atoms with Gasteiger partial charge in [-0.1, -0.05) is 0 Å². The van der Waals surface area contributed by atoms with Crippen molar-refractivity contribution in [3.05, 3.63) is 29.3 Å². The Balaban J connectivity index is 2.50. The molecule has 0 aliphatic heterocycles. The maximum Gasteiger partial charge on any atom is 0.159 e. The lowest BCUT2D eigenvalue weighted by Gasteiger charge is -2.17. The molecule has 1 rings (SSSR count). The summed E-state index contributed by atoms with van der Waals surface area (Å²) in [4.78, 5) is 0. The van der Waals surface area contributed by atoms with Crippen LogP contribution in [0, 0.1) is 18.6 Å². The highest BCUT2D eigenvalue weighted by Crippen LogP contribution is 2.19. The average molecular weight is 273 g/mol. The normalized spacial score (nSPS) is 11.1. The summed E-state index contributed by atoms with van der Waals surface area (Å²) in [6.07, 6.45) is 0.247. The summed E-state index contributed by atoms with van der Waals surface area (Å²) in [5, 5.41) is 2.85. The van der Waals surface area contributed by atoms with Crippen molar-refractivity contribution in [1.82, 2.24) is 0 Å². The fraction of sp³-hybridized carbons (Fsp3) is 0.571. The number of hydrogen-bond acceptors (Lipinski definition) is 3. The molecule has 1 aromatic carbocycles. The second kappa shape index (κ2) is 8.07. The molecule has 0 fully saturated rings. The summed E-state index contributed by atoms with van der Waals surface area (Å²) in [6.45, 7) is 6.85. The summed E-state index contributed by atoms with van der Waals surface area (Å²) in [7, 11) is 0. The molecular weight excluding hydrogens is 252 g/mol. The third-order valence-electron chi connectivity index (χ3n) is 2.65. The number of halogens is 2. The van der Waals surface area contributed by atoms with Crippen LogP contribution in [-0.2, 0) is 9.47 Å². The Morgan fingerprint density at radius 2 is 1.74 bits per heavy atom. The number of rotatable bonds is 8. The van der Waals surface area contributed by atoms with Crippen molar-refractivity contribution in [2.24, 2.45) is 0 Å². The van der Waals surface area contributed by atoms with Gasteiger partial charge >= 0.3 is 0 Å². The van der Waals surface area contributed by atoms with E-state index in [0.29, 0.717) is 31.7 Å². The highest BCUT2D eigenvalue weighted by molar-refractivity contribution is 5.46. The lowest BCUT2D eigenvalue weighted by Crippen LogP contribution is -2.21. The number of hydrogen-bond donors (Lipinski definition) is 1. The molecule has 0 spiro atoms. The van der Waals surface area contributed by atoms with Gasteiger partial charge in [-0.2, -0.15) is 0 Å².